The van der Waals surface area contributed by atoms with Gasteiger partial charge in [0.25, 0.3) is 5.69 Å². The van der Waals surface area contributed by atoms with E-state index in [9.17, 15) is 14.9 Å². The maximum atomic E-state index is 12.6. The molecule has 126 valence electrons. The van der Waals surface area contributed by atoms with Gasteiger partial charge >= 0.3 is 0 Å². The maximum absolute atomic E-state index is 12.6. The number of rotatable bonds is 4. The van der Waals surface area contributed by atoms with Crippen LogP contribution < -0.4 is 11.1 Å². The van der Waals surface area contributed by atoms with E-state index in [1.54, 1.807) is 13.0 Å². The molecule has 1 saturated carbocycles. The van der Waals surface area contributed by atoms with Gasteiger partial charge < -0.3 is 11.1 Å². The van der Waals surface area contributed by atoms with Gasteiger partial charge in [-0.2, -0.15) is 0 Å². The fourth-order valence-electron chi connectivity index (χ4n) is 3.28. The van der Waals surface area contributed by atoms with Crippen molar-refractivity contribution in [1.82, 2.24) is 5.32 Å². The summed E-state index contributed by atoms with van der Waals surface area (Å²) in [7, 11) is 0. The third-order valence-electron chi connectivity index (χ3n) is 4.86. The van der Waals surface area contributed by atoms with Crippen LogP contribution in [0.1, 0.15) is 56.7 Å². The molecule has 1 aromatic carbocycles. The topological polar surface area (TPSA) is 98.3 Å². The highest BCUT2D eigenvalue weighted by molar-refractivity contribution is 5.80. The minimum atomic E-state index is -0.485. The smallest absolute Gasteiger partial charge is 0.272 e. The second-order valence-corrected chi connectivity index (χ2v) is 6.84. The fourth-order valence-corrected chi connectivity index (χ4v) is 3.28. The van der Waals surface area contributed by atoms with E-state index in [2.05, 4.69) is 5.32 Å². The van der Waals surface area contributed by atoms with Crippen LogP contribution in [-0.2, 0) is 4.79 Å². The molecule has 3 atom stereocenters. The molecule has 23 heavy (non-hydrogen) atoms. The Hall–Kier alpha value is -1.95. The number of hydrogen-bond acceptors (Lipinski definition) is 4. The van der Waals surface area contributed by atoms with Crippen molar-refractivity contribution in [2.45, 2.75) is 58.0 Å². The van der Waals surface area contributed by atoms with Gasteiger partial charge in [-0.1, -0.05) is 25.0 Å². The number of carbonyl (C=O) groups excluding carboxylic acids is 1. The molecule has 0 aliphatic heterocycles. The summed E-state index contributed by atoms with van der Waals surface area (Å²) in [5.74, 6) is -0.274. The number of carbonyl (C=O) groups is 1. The normalized spacial score (nSPS) is 25.7. The van der Waals surface area contributed by atoms with Crippen LogP contribution in [0.25, 0.3) is 0 Å². The first kappa shape index (κ1) is 17.4. The van der Waals surface area contributed by atoms with E-state index < -0.39 is 10.5 Å². The molecule has 0 bridgehead atoms. The summed E-state index contributed by atoms with van der Waals surface area (Å²) < 4.78 is 0. The Morgan fingerprint density at radius 3 is 2.78 bits per heavy atom. The number of nitrogens with one attached hydrogen (secondary N) is 1. The van der Waals surface area contributed by atoms with Crippen molar-refractivity contribution in [3.63, 3.8) is 0 Å². The molecule has 1 fully saturated rings. The zero-order chi connectivity index (χ0) is 17.2. The second-order valence-electron chi connectivity index (χ2n) is 6.84. The zero-order valence-electron chi connectivity index (χ0n) is 14.0. The van der Waals surface area contributed by atoms with Crippen molar-refractivity contribution in [3.8, 4) is 0 Å². The number of benzene rings is 1. The highest BCUT2D eigenvalue weighted by atomic mass is 16.6. The first-order valence-electron chi connectivity index (χ1n) is 8.06. The summed E-state index contributed by atoms with van der Waals surface area (Å²) >= 11 is 0. The Balaban J connectivity index is 2.12. The lowest BCUT2D eigenvalue weighted by molar-refractivity contribution is -0.385. The molecule has 6 heteroatoms. The summed E-state index contributed by atoms with van der Waals surface area (Å²) in [5, 5.41) is 14.0. The van der Waals surface area contributed by atoms with Gasteiger partial charge in [-0.05, 0) is 39.2 Å². The molecule has 0 aromatic heterocycles. The van der Waals surface area contributed by atoms with Crippen molar-refractivity contribution < 1.29 is 9.72 Å². The average molecular weight is 319 g/mol. The Labute approximate surface area is 136 Å². The predicted molar refractivity (Wildman–Crippen MR) is 88.9 cm³/mol. The molecule has 1 amide bonds. The molecule has 3 N–H and O–H groups in total. The number of hydrogen-bond donors (Lipinski definition) is 2. The van der Waals surface area contributed by atoms with Crippen LogP contribution >= 0.6 is 0 Å². The molecular formula is C17H25N3O3. The van der Waals surface area contributed by atoms with Gasteiger partial charge in [-0.15, -0.1) is 0 Å². The molecular weight excluding hydrogens is 294 g/mol. The highest BCUT2D eigenvalue weighted by Gasteiger charge is 2.38. The van der Waals surface area contributed by atoms with Crippen molar-refractivity contribution in [1.29, 1.82) is 0 Å². The largest absolute Gasteiger partial charge is 0.349 e. The Kier molecular flexibility index (Phi) is 5.04. The Bertz CT molecular complexity index is 613. The van der Waals surface area contributed by atoms with E-state index in [1.807, 2.05) is 19.9 Å². The van der Waals surface area contributed by atoms with E-state index in [1.165, 1.54) is 6.07 Å². The number of aryl methyl sites for hydroxylation is 1. The van der Waals surface area contributed by atoms with E-state index in [4.69, 9.17) is 5.73 Å². The quantitative estimate of drug-likeness (QED) is 0.658. The maximum Gasteiger partial charge on any atom is 0.272 e. The number of nitro groups is 1. The molecule has 1 aliphatic carbocycles. The molecule has 2 rings (SSSR count). The van der Waals surface area contributed by atoms with E-state index in [0.29, 0.717) is 5.56 Å². The predicted octanol–water partition coefficient (Wildman–Crippen LogP) is 2.99. The monoisotopic (exact) mass is 319 g/mol. The van der Waals surface area contributed by atoms with Crippen LogP contribution in [0.2, 0.25) is 0 Å². The summed E-state index contributed by atoms with van der Waals surface area (Å²) in [6.45, 7) is 5.47. The molecule has 1 aromatic rings. The molecule has 0 heterocycles. The first-order valence-corrected chi connectivity index (χ1v) is 8.06. The van der Waals surface area contributed by atoms with Crippen molar-refractivity contribution in [3.05, 3.63) is 39.4 Å². The van der Waals surface area contributed by atoms with Crippen molar-refractivity contribution in [2.75, 3.05) is 0 Å². The van der Waals surface area contributed by atoms with Crippen LogP contribution in [0.5, 0.6) is 0 Å². The van der Waals surface area contributed by atoms with Crippen LogP contribution in [0.3, 0.4) is 0 Å². The van der Waals surface area contributed by atoms with Gasteiger partial charge in [0.1, 0.15) is 0 Å². The third kappa shape index (κ3) is 3.88. The number of nitrogens with two attached hydrogens (primary N) is 1. The fraction of sp³-hybridized carbons (Fsp3) is 0.588. The first-order chi connectivity index (χ1) is 10.7. The Morgan fingerprint density at radius 1 is 1.48 bits per heavy atom. The van der Waals surface area contributed by atoms with Crippen LogP contribution in [-0.4, -0.2) is 16.4 Å². The summed E-state index contributed by atoms with van der Waals surface area (Å²) in [6, 6.07) is 4.77. The lowest BCUT2D eigenvalue weighted by Gasteiger charge is -2.37. The van der Waals surface area contributed by atoms with Gasteiger partial charge in [-0.3, -0.25) is 14.9 Å². The summed E-state index contributed by atoms with van der Waals surface area (Å²) in [5.41, 5.74) is 7.20. The van der Waals surface area contributed by atoms with Gasteiger partial charge in [0.05, 0.1) is 16.9 Å². The van der Waals surface area contributed by atoms with E-state index >= 15 is 0 Å². The van der Waals surface area contributed by atoms with E-state index in [-0.39, 0.29) is 23.6 Å². The minimum Gasteiger partial charge on any atom is -0.349 e. The van der Waals surface area contributed by atoms with Crippen molar-refractivity contribution >= 4 is 11.6 Å². The average Bonchev–Trinajstić information content (AvgIpc) is 2.46. The SMILES string of the molecule is Cc1ccc(C(C)NC(=O)C2CCCCC2(C)N)cc1[N+](=O)[O-]. The van der Waals surface area contributed by atoms with Gasteiger partial charge in [-0.25, -0.2) is 0 Å². The molecule has 1 aliphatic rings. The van der Waals surface area contributed by atoms with Gasteiger partial charge in [0.15, 0.2) is 0 Å². The Morgan fingerprint density at radius 2 is 2.17 bits per heavy atom. The lowest BCUT2D eigenvalue weighted by Crippen LogP contribution is -2.53. The number of amides is 1. The summed E-state index contributed by atoms with van der Waals surface area (Å²) in [4.78, 5) is 23.2. The highest BCUT2D eigenvalue weighted by Crippen LogP contribution is 2.32. The van der Waals surface area contributed by atoms with Crippen molar-refractivity contribution in [2.24, 2.45) is 11.7 Å². The molecule has 0 saturated heterocycles. The minimum absolute atomic E-state index is 0.0644. The standard InChI is InChI=1S/C17H25N3O3/c1-11-7-8-13(10-15(11)20(22)23)12(2)19-16(21)14-6-4-5-9-17(14,3)18/h7-8,10,12,14H,4-6,9,18H2,1-3H3,(H,19,21). The number of nitro benzene ring substituents is 1. The number of nitrogens with zero attached hydrogens (tertiary/aromatic N) is 1. The lowest BCUT2D eigenvalue weighted by atomic mass is 9.74. The molecule has 0 spiro atoms. The second kappa shape index (κ2) is 6.66. The summed E-state index contributed by atoms with van der Waals surface area (Å²) in [6.07, 6.45) is 3.70. The molecule has 6 nitrogen and oxygen atoms in total. The van der Waals surface area contributed by atoms with Crippen LogP contribution in [0, 0.1) is 23.0 Å². The molecule has 0 radical (unpaired) electrons. The van der Waals surface area contributed by atoms with E-state index in [0.717, 1.165) is 31.2 Å². The zero-order valence-corrected chi connectivity index (χ0v) is 14.0. The van der Waals surface area contributed by atoms with Crippen LogP contribution in [0.15, 0.2) is 18.2 Å². The van der Waals surface area contributed by atoms with Gasteiger partial charge in [0.2, 0.25) is 5.91 Å². The van der Waals surface area contributed by atoms with Gasteiger partial charge in [0, 0.05) is 17.2 Å². The third-order valence-corrected chi connectivity index (χ3v) is 4.86. The molecule has 3 unspecified atom stereocenters. The van der Waals surface area contributed by atoms with Crippen LogP contribution in [0.4, 0.5) is 5.69 Å².